The van der Waals surface area contributed by atoms with Crippen LogP contribution >= 0.6 is 0 Å². The van der Waals surface area contributed by atoms with E-state index in [2.05, 4.69) is 29.2 Å². The zero-order chi connectivity index (χ0) is 23.0. The highest BCUT2D eigenvalue weighted by molar-refractivity contribution is 5.94. The molecular weight excluding hydrogens is 417 g/mol. The van der Waals surface area contributed by atoms with E-state index in [9.17, 15) is 18.0 Å². The molecule has 1 amide bonds. The third-order valence-corrected chi connectivity index (χ3v) is 6.19. The Hall–Kier alpha value is -2.38. The number of ether oxygens (including phenoxy) is 1. The topological polar surface area (TPSA) is 41.6 Å². The van der Waals surface area contributed by atoms with Crippen LogP contribution in [0.3, 0.4) is 0 Å². The van der Waals surface area contributed by atoms with Gasteiger partial charge in [0, 0.05) is 18.8 Å². The van der Waals surface area contributed by atoms with E-state index in [4.69, 9.17) is 4.74 Å². The van der Waals surface area contributed by atoms with Crippen LogP contribution in [0.4, 0.5) is 18.9 Å². The summed E-state index contributed by atoms with van der Waals surface area (Å²) in [5.41, 5.74) is 2.68. The van der Waals surface area contributed by atoms with E-state index in [0.29, 0.717) is 6.61 Å². The second kappa shape index (κ2) is 11.0. The number of rotatable bonds is 9. The second-order valence-electron chi connectivity index (χ2n) is 8.55. The van der Waals surface area contributed by atoms with Gasteiger partial charge in [0.15, 0.2) is 0 Å². The summed E-state index contributed by atoms with van der Waals surface area (Å²) in [5, 5.41) is 1.88. The Morgan fingerprint density at radius 1 is 1.03 bits per heavy atom. The Morgan fingerprint density at radius 3 is 2.28 bits per heavy atom. The maximum absolute atomic E-state index is 12.4. The summed E-state index contributed by atoms with van der Waals surface area (Å²) in [7, 11) is 0. The van der Waals surface area contributed by atoms with E-state index in [1.807, 2.05) is 18.3 Å². The fourth-order valence-corrected chi connectivity index (χ4v) is 4.18. The van der Waals surface area contributed by atoms with Crippen LogP contribution in [0.5, 0.6) is 0 Å². The fourth-order valence-electron chi connectivity index (χ4n) is 4.18. The van der Waals surface area contributed by atoms with Crippen molar-refractivity contribution >= 4 is 11.6 Å². The molecule has 2 aromatic rings. The molecule has 1 N–H and O–H groups in total. The smallest absolute Gasteiger partial charge is 0.381 e. The van der Waals surface area contributed by atoms with Gasteiger partial charge >= 0.3 is 12.1 Å². The molecule has 0 radical (unpaired) electrons. The molecule has 0 spiro atoms. The quantitative estimate of drug-likeness (QED) is 0.556. The predicted octanol–water partition coefficient (Wildman–Crippen LogP) is 5.44. The Morgan fingerprint density at radius 2 is 1.69 bits per heavy atom. The summed E-state index contributed by atoms with van der Waals surface area (Å²) in [4.78, 5) is 13.4. The van der Waals surface area contributed by atoms with Crippen molar-refractivity contribution in [3.63, 3.8) is 0 Å². The van der Waals surface area contributed by atoms with Crippen molar-refractivity contribution in [1.82, 2.24) is 4.90 Å². The van der Waals surface area contributed by atoms with E-state index >= 15 is 0 Å². The number of halogens is 3. The Labute approximate surface area is 187 Å². The standard InChI is InChI=1S/C25H31F3N2O2/c1-2-32-19-24(13-12-20-6-4-3-5-7-20)14-16-30(17-15-24)18-21-8-10-22(11-9-21)29-23(31)25(26,27)28/h3-11H,2,12-19H2,1H3,(H,29,31). The molecular formula is C25H31F3N2O2. The van der Waals surface area contributed by atoms with Crippen LogP contribution in [0.15, 0.2) is 54.6 Å². The number of hydrogen-bond acceptors (Lipinski definition) is 3. The Kier molecular flexibility index (Phi) is 8.32. The van der Waals surface area contributed by atoms with Crippen LogP contribution < -0.4 is 5.32 Å². The van der Waals surface area contributed by atoms with E-state index in [1.54, 1.807) is 12.1 Å². The molecule has 0 unspecified atom stereocenters. The number of piperidine rings is 1. The van der Waals surface area contributed by atoms with Crippen LogP contribution in [-0.4, -0.2) is 43.3 Å². The van der Waals surface area contributed by atoms with Gasteiger partial charge in [-0.3, -0.25) is 9.69 Å². The summed E-state index contributed by atoms with van der Waals surface area (Å²) in [5.74, 6) is -1.96. The van der Waals surface area contributed by atoms with Crippen LogP contribution in [0, 0.1) is 5.41 Å². The fraction of sp³-hybridized carbons (Fsp3) is 0.480. The summed E-state index contributed by atoms with van der Waals surface area (Å²) in [6.45, 7) is 6.16. The number of amides is 1. The number of anilines is 1. The van der Waals surface area contributed by atoms with Gasteiger partial charge in [-0.25, -0.2) is 0 Å². The molecule has 2 aromatic carbocycles. The molecule has 1 fully saturated rings. The van der Waals surface area contributed by atoms with Crippen molar-refractivity contribution in [3.05, 3.63) is 65.7 Å². The van der Waals surface area contributed by atoms with Gasteiger partial charge < -0.3 is 10.1 Å². The van der Waals surface area contributed by atoms with Crippen LogP contribution in [-0.2, 0) is 22.5 Å². The molecule has 3 rings (SSSR count). The Balaban J connectivity index is 1.53. The van der Waals surface area contributed by atoms with E-state index in [0.717, 1.165) is 57.5 Å². The highest BCUT2D eigenvalue weighted by atomic mass is 19.4. The van der Waals surface area contributed by atoms with Crippen LogP contribution in [0.25, 0.3) is 0 Å². The number of likely N-dealkylation sites (tertiary alicyclic amines) is 1. The molecule has 1 aliphatic heterocycles. The lowest BCUT2D eigenvalue weighted by molar-refractivity contribution is -0.167. The maximum atomic E-state index is 12.4. The highest BCUT2D eigenvalue weighted by Crippen LogP contribution is 2.37. The number of alkyl halides is 3. The third-order valence-electron chi connectivity index (χ3n) is 6.19. The van der Waals surface area contributed by atoms with E-state index in [-0.39, 0.29) is 11.1 Å². The molecule has 1 saturated heterocycles. The predicted molar refractivity (Wildman–Crippen MR) is 119 cm³/mol. The first kappa shape index (κ1) is 24.3. The zero-order valence-corrected chi connectivity index (χ0v) is 18.5. The number of carbonyl (C=O) groups excluding carboxylic acids is 1. The van der Waals surface area contributed by atoms with Gasteiger partial charge in [-0.15, -0.1) is 0 Å². The average molecular weight is 449 g/mol. The molecule has 174 valence electrons. The van der Waals surface area contributed by atoms with Gasteiger partial charge in [-0.1, -0.05) is 42.5 Å². The lowest BCUT2D eigenvalue weighted by Crippen LogP contribution is -2.42. The minimum Gasteiger partial charge on any atom is -0.381 e. The van der Waals surface area contributed by atoms with Crippen molar-refractivity contribution in [2.45, 2.75) is 45.3 Å². The number of nitrogens with one attached hydrogen (secondary N) is 1. The zero-order valence-electron chi connectivity index (χ0n) is 18.5. The SMILES string of the molecule is CCOCC1(CCc2ccccc2)CCN(Cc2ccc(NC(=O)C(F)(F)F)cc2)CC1. The maximum Gasteiger partial charge on any atom is 0.471 e. The largest absolute Gasteiger partial charge is 0.471 e. The van der Waals surface area contributed by atoms with Crippen molar-refractivity contribution < 1.29 is 22.7 Å². The summed E-state index contributed by atoms with van der Waals surface area (Å²) in [6, 6.07) is 17.1. The van der Waals surface area contributed by atoms with Gasteiger partial charge in [-0.05, 0) is 74.4 Å². The second-order valence-corrected chi connectivity index (χ2v) is 8.55. The number of nitrogens with zero attached hydrogens (tertiary/aromatic N) is 1. The monoisotopic (exact) mass is 448 g/mol. The summed E-state index contributed by atoms with van der Waals surface area (Å²) >= 11 is 0. The minimum atomic E-state index is -4.89. The average Bonchev–Trinajstić information content (AvgIpc) is 2.79. The molecule has 0 aromatic heterocycles. The van der Waals surface area contributed by atoms with E-state index < -0.39 is 12.1 Å². The number of hydrogen-bond donors (Lipinski definition) is 1. The van der Waals surface area contributed by atoms with Gasteiger partial charge in [0.2, 0.25) is 0 Å². The third kappa shape index (κ3) is 7.07. The number of aryl methyl sites for hydroxylation is 1. The van der Waals surface area contributed by atoms with Crippen LogP contribution in [0.2, 0.25) is 0 Å². The normalized spacial score (nSPS) is 16.6. The molecule has 7 heteroatoms. The molecule has 1 aliphatic rings. The van der Waals surface area contributed by atoms with Gasteiger partial charge in [0.1, 0.15) is 0 Å². The lowest BCUT2D eigenvalue weighted by Gasteiger charge is -2.42. The summed E-state index contributed by atoms with van der Waals surface area (Å²) in [6.07, 6.45) is -0.641. The van der Waals surface area contributed by atoms with E-state index in [1.165, 1.54) is 17.7 Å². The first-order valence-electron chi connectivity index (χ1n) is 11.1. The highest BCUT2D eigenvalue weighted by Gasteiger charge is 2.38. The molecule has 0 atom stereocenters. The van der Waals surface area contributed by atoms with Gasteiger partial charge in [0.25, 0.3) is 0 Å². The molecule has 0 bridgehead atoms. The van der Waals surface area contributed by atoms with Gasteiger partial charge in [-0.2, -0.15) is 13.2 Å². The minimum absolute atomic E-state index is 0.145. The Bertz CT molecular complexity index is 846. The first-order chi connectivity index (χ1) is 15.3. The lowest BCUT2D eigenvalue weighted by atomic mass is 9.74. The molecule has 0 aliphatic carbocycles. The molecule has 32 heavy (non-hydrogen) atoms. The molecule has 4 nitrogen and oxygen atoms in total. The summed E-state index contributed by atoms with van der Waals surface area (Å²) < 4.78 is 43.0. The number of benzene rings is 2. The van der Waals surface area contributed by atoms with Crippen molar-refractivity contribution in [1.29, 1.82) is 0 Å². The first-order valence-corrected chi connectivity index (χ1v) is 11.1. The van der Waals surface area contributed by atoms with Crippen molar-refractivity contribution in [3.8, 4) is 0 Å². The van der Waals surface area contributed by atoms with Crippen molar-refractivity contribution in [2.75, 3.05) is 31.6 Å². The number of carbonyl (C=O) groups is 1. The molecule has 1 heterocycles. The van der Waals surface area contributed by atoms with Crippen molar-refractivity contribution in [2.24, 2.45) is 5.41 Å². The van der Waals surface area contributed by atoms with Crippen LogP contribution in [0.1, 0.15) is 37.3 Å². The van der Waals surface area contributed by atoms with Gasteiger partial charge in [0.05, 0.1) is 6.61 Å². The molecule has 0 saturated carbocycles.